The van der Waals surface area contributed by atoms with Crippen LogP contribution in [0.4, 0.5) is 5.69 Å². The van der Waals surface area contributed by atoms with Gasteiger partial charge in [-0.05, 0) is 26.0 Å². The third kappa shape index (κ3) is 3.31. The van der Waals surface area contributed by atoms with E-state index in [0.717, 1.165) is 17.0 Å². The summed E-state index contributed by atoms with van der Waals surface area (Å²) >= 11 is 0. The lowest BCUT2D eigenvalue weighted by Gasteiger charge is -2.14. The summed E-state index contributed by atoms with van der Waals surface area (Å²) < 4.78 is 5.29. The van der Waals surface area contributed by atoms with Crippen LogP contribution in [-0.4, -0.2) is 23.2 Å². The standard InChI is InChI=1S/C16H18N2O3/c1-10-8-13(15(16(19)20)11(2)18-10)17-9-12-6-4-5-7-14(12)21-3/h4-8H,9H2,1-3H3,(H,17,18)(H,19,20). The number of aromatic carboxylic acids is 1. The number of carboxylic acid groups (broad SMARTS) is 1. The number of aryl methyl sites for hydroxylation is 2. The highest BCUT2D eigenvalue weighted by atomic mass is 16.5. The third-order valence-corrected chi connectivity index (χ3v) is 3.20. The molecule has 21 heavy (non-hydrogen) atoms. The molecule has 0 aliphatic carbocycles. The van der Waals surface area contributed by atoms with E-state index in [1.54, 1.807) is 20.1 Å². The SMILES string of the molecule is COc1ccccc1CNc1cc(C)nc(C)c1C(=O)O. The number of para-hydroxylation sites is 1. The van der Waals surface area contributed by atoms with E-state index in [1.165, 1.54) is 0 Å². The molecule has 1 aromatic carbocycles. The maximum absolute atomic E-state index is 11.4. The molecule has 0 fully saturated rings. The Morgan fingerprint density at radius 2 is 2.05 bits per heavy atom. The molecule has 0 bridgehead atoms. The van der Waals surface area contributed by atoms with Crippen molar-refractivity contribution >= 4 is 11.7 Å². The Hall–Kier alpha value is -2.56. The van der Waals surface area contributed by atoms with Gasteiger partial charge in [0.2, 0.25) is 0 Å². The molecule has 2 N–H and O–H groups in total. The van der Waals surface area contributed by atoms with Crippen molar-refractivity contribution in [1.82, 2.24) is 4.98 Å². The molecule has 0 aliphatic heterocycles. The first-order valence-corrected chi connectivity index (χ1v) is 6.60. The number of carboxylic acids is 1. The van der Waals surface area contributed by atoms with Gasteiger partial charge in [0.25, 0.3) is 0 Å². The van der Waals surface area contributed by atoms with Crippen LogP contribution in [0.5, 0.6) is 5.75 Å². The summed E-state index contributed by atoms with van der Waals surface area (Å²) in [5, 5.41) is 12.5. The van der Waals surface area contributed by atoms with Crippen LogP contribution in [0.3, 0.4) is 0 Å². The van der Waals surface area contributed by atoms with Gasteiger partial charge in [0, 0.05) is 17.8 Å². The molecule has 0 radical (unpaired) electrons. The number of pyridine rings is 1. The van der Waals surface area contributed by atoms with Crippen LogP contribution in [-0.2, 0) is 6.54 Å². The van der Waals surface area contributed by atoms with Crippen LogP contribution in [0.25, 0.3) is 0 Å². The van der Waals surface area contributed by atoms with E-state index >= 15 is 0 Å². The fraction of sp³-hybridized carbons (Fsp3) is 0.250. The number of hydrogen-bond donors (Lipinski definition) is 2. The zero-order chi connectivity index (χ0) is 15.4. The van der Waals surface area contributed by atoms with Gasteiger partial charge >= 0.3 is 5.97 Å². The molecule has 0 saturated heterocycles. The Morgan fingerprint density at radius 3 is 2.71 bits per heavy atom. The Morgan fingerprint density at radius 1 is 1.33 bits per heavy atom. The first-order chi connectivity index (χ1) is 10.0. The van der Waals surface area contributed by atoms with Crippen molar-refractivity contribution in [3.63, 3.8) is 0 Å². The van der Waals surface area contributed by atoms with E-state index in [9.17, 15) is 9.90 Å². The highest BCUT2D eigenvalue weighted by molar-refractivity contribution is 5.95. The van der Waals surface area contributed by atoms with Crippen LogP contribution in [0.15, 0.2) is 30.3 Å². The number of benzene rings is 1. The van der Waals surface area contributed by atoms with Crippen LogP contribution < -0.4 is 10.1 Å². The van der Waals surface area contributed by atoms with Crippen molar-refractivity contribution in [3.8, 4) is 5.75 Å². The Balaban J connectivity index is 2.30. The zero-order valence-corrected chi connectivity index (χ0v) is 12.3. The Bertz CT molecular complexity index is 669. The molecule has 1 heterocycles. The van der Waals surface area contributed by atoms with Gasteiger partial charge in [-0.3, -0.25) is 4.98 Å². The molecule has 0 saturated carbocycles. The number of carbonyl (C=O) groups is 1. The first kappa shape index (κ1) is 14.8. The fourth-order valence-electron chi connectivity index (χ4n) is 2.28. The predicted octanol–water partition coefficient (Wildman–Crippen LogP) is 3.02. The van der Waals surface area contributed by atoms with Crippen molar-refractivity contribution in [3.05, 3.63) is 52.8 Å². The van der Waals surface area contributed by atoms with Gasteiger partial charge in [0.05, 0.1) is 18.5 Å². The number of ether oxygens (including phenoxy) is 1. The topological polar surface area (TPSA) is 71.5 Å². The van der Waals surface area contributed by atoms with Crippen LogP contribution >= 0.6 is 0 Å². The van der Waals surface area contributed by atoms with Gasteiger partial charge in [0.15, 0.2) is 0 Å². The normalized spacial score (nSPS) is 10.2. The lowest BCUT2D eigenvalue weighted by atomic mass is 10.1. The molecule has 0 aliphatic rings. The van der Waals surface area contributed by atoms with Crippen molar-refractivity contribution in [1.29, 1.82) is 0 Å². The molecular weight excluding hydrogens is 268 g/mol. The van der Waals surface area contributed by atoms with Crippen molar-refractivity contribution < 1.29 is 14.6 Å². The number of rotatable bonds is 5. The van der Waals surface area contributed by atoms with E-state index < -0.39 is 5.97 Å². The molecule has 2 aromatic rings. The number of nitrogens with zero attached hydrogens (tertiary/aromatic N) is 1. The molecule has 5 heteroatoms. The minimum atomic E-state index is -0.984. The molecule has 5 nitrogen and oxygen atoms in total. The second-order valence-electron chi connectivity index (χ2n) is 4.74. The summed E-state index contributed by atoms with van der Waals surface area (Å²) in [5.74, 6) is -0.216. The van der Waals surface area contributed by atoms with Gasteiger partial charge in [0.1, 0.15) is 11.3 Å². The number of methoxy groups -OCH3 is 1. The maximum Gasteiger partial charge on any atom is 0.339 e. The van der Waals surface area contributed by atoms with Crippen molar-refractivity contribution in [2.24, 2.45) is 0 Å². The summed E-state index contributed by atoms with van der Waals surface area (Å²) in [7, 11) is 1.61. The smallest absolute Gasteiger partial charge is 0.339 e. The van der Waals surface area contributed by atoms with Gasteiger partial charge < -0.3 is 15.2 Å². The highest BCUT2D eigenvalue weighted by Gasteiger charge is 2.15. The second kappa shape index (κ2) is 6.26. The minimum absolute atomic E-state index is 0.204. The highest BCUT2D eigenvalue weighted by Crippen LogP contribution is 2.23. The quantitative estimate of drug-likeness (QED) is 0.884. The van der Waals surface area contributed by atoms with E-state index in [0.29, 0.717) is 17.9 Å². The lowest BCUT2D eigenvalue weighted by Crippen LogP contribution is -2.10. The molecule has 0 atom stereocenters. The van der Waals surface area contributed by atoms with Gasteiger partial charge in [-0.15, -0.1) is 0 Å². The largest absolute Gasteiger partial charge is 0.496 e. The van der Waals surface area contributed by atoms with Crippen molar-refractivity contribution in [2.75, 3.05) is 12.4 Å². The summed E-state index contributed by atoms with van der Waals surface area (Å²) in [6, 6.07) is 9.36. The monoisotopic (exact) mass is 286 g/mol. The molecule has 1 aromatic heterocycles. The molecule has 2 rings (SSSR count). The summed E-state index contributed by atoms with van der Waals surface area (Å²) in [6.07, 6.45) is 0. The Labute approximate surface area is 123 Å². The number of nitrogens with one attached hydrogen (secondary N) is 1. The maximum atomic E-state index is 11.4. The second-order valence-corrected chi connectivity index (χ2v) is 4.74. The van der Waals surface area contributed by atoms with Crippen LogP contribution in [0, 0.1) is 13.8 Å². The molecular formula is C16H18N2O3. The zero-order valence-electron chi connectivity index (χ0n) is 12.3. The first-order valence-electron chi connectivity index (χ1n) is 6.60. The summed E-state index contributed by atoms with van der Waals surface area (Å²) in [4.78, 5) is 15.6. The van der Waals surface area contributed by atoms with Crippen molar-refractivity contribution in [2.45, 2.75) is 20.4 Å². The molecule has 0 spiro atoms. The van der Waals surface area contributed by atoms with E-state index in [-0.39, 0.29) is 5.56 Å². The van der Waals surface area contributed by atoms with Gasteiger partial charge in [-0.1, -0.05) is 18.2 Å². The minimum Gasteiger partial charge on any atom is -0.496 e. The van der Waals surface area contributed by atoms with Crippen LogP contribution in [0.2, 0.25) is 0 Å². The molecule has 110 valence electrons. The number of aromatic nitrogens is 1. The average molecular weight is 286 g/mol. The third-order valence-electron chi connectivity index (χ3n) is 3.20. The number of hydrogen-bond acceptors (Lipinski definition) is 4. The average Bonchev–Trinajstić information content (AvgIpc) is 2.44. The van der Waals surface area contributed by atoms with E-state index in [1.807, 2.05) is 31.2 Å². The summed E-state index contributed by atoms with van der Waals surface area (Å²) in [5.41, 5.74) is 3.02. The fourth-order valence-corrected chi connectivity index (χ4v) is 2.28. The van der Waals surface area contributed by atoms with Gasteiger partial charge in [-0.2, -0.15) is 0 Å². The van der Waals surface area contributed by atoms with E-state index in [2.05, 4.69) is 10.3 Å². The summed E-state index contributed by atoms with van der Waals surface area (Å²) in [6.45, 7) is 4.02. The van der Waals surface area contributed by atoms with E-state index in [4.69, 9.17) is 4.74 Å². The lowest BCUT2D eigenvalue weighted by molar-refractivity contribution is 0.0696. The molecule has 0 unspecified atom stereocenters. The molecule has 0 amide bonds. The number of anilines is 1. The predicted molar refractivity (Wildman–Crippen MR) is 81.0 cm³/mol. The van der Waals surface area contributed by atoms with Gasteiger partial charge in [-0.25, -0.2) is 4.79 Å². The van der Waals surface area contributed by atoms with Crippen LogP contribution in [0.1, 0.15) is 27.3 Å². The Kier molecular flexibility index (Phi) is 4.42.